The fourth-order valence-electron chi connectivity index (χ4n) is 2.81. The zero-order valence-corrected chi connectivity index (χ0v) is 13.6. The van der Waals surface area contributed by atoms with Crippen LogP contribution in [0.5, 0.6) is 0 Å². The minimum atomic E-state index is -2.80. The largest absolute Gasteiger partial charge is 0.313 e. The molecule has 1 aliphatic rings. The molecule has 2 rings (SSSR count). The Morgan fingerprint density at radius 1 is 1.29 bits per heavy atom. The summed E-state index contributed by atoms with van der Waals surface area (Å²) in [5, 5.41) is 3.39. The summed E-state index contributed by atoms with van der Waals surface area (Å²) in [6, 6.07) is 10.6. The summed E-state index contributed by atoms with van der Waals surface area (Å²) in [6.07, 6.45) is 2.83. The van der Waals surface area contributed by atoms with Gasteiger partial charge in [0.15, 0.2) is 9.84 Å². The number of hydrogen-bond donors (Lipinski definition) is 1. The third-order valence-electron chi connectivity index (χ3n) is 3.91. The van der Waals surface area contributed by atoms with Gasteiger partial charge in [-0.25, -0.2) is 8.42 Å². The first-order valence-electron chi connectivity index (χ1n) is 7.71. The van der Waals surface area contributed by atoms with Crippen molar-refractivity contribution in [2.45, 2.75) is 31.8 Å². The van der Waals surface area contributed by atoms with Crippen LogP contribution < -0.4 is 5.32 Å². The van der Waals surface area contributed by atoms with Crippen molar-refractivity contribution in [1.29, 1.82) is 0 Å². The van der Waals surface area contributed by atoms with Crippen LogP contribution in [0.4, 0.5) is 0 Å². The van der Waals surface area contributed by atoms with Crippen LogP contribution in [0.1, 0.15) is 24.8 Å². The minimum absolute atomic E-state index is 0.156. The van der Waals surface area contributed by atoms with Gasteiger partial charge in [0.2, 0.25) is 0 Å². The summed E-state index contributed by atoms with van der Waals surface area (Å²) in [5.41, 5.74) is 1.33. The van der Waals surface area contributed by atoms with Crippen molar-refractivity contribution in [3.8, 4) is 0 Å². The topological polar surface area (TPSA) is 49.4 Å². The Bertz CT molecular complexity index is 516. The van der Waals surface area contributed by atoms with Crippen LogP contribution >= 0.6 is 0 Å². The minimum Gasteiger partial charge on any atom is -0.313 e. The molecule has 0 saturated carbocycles. The van der Waals surface area contributed by atoms with Gasteiger partial charge in [0.25, 0.3) is 0 Å². The summed E-state index contributed by atoms with van der Waals surface area (Å²) >= 11 is 0. The Hall–Kier alpha value is -0.910. The molecule has 0 radical (unpaired) electrons. The summed E-state index contributed by atoms with van der Waals surface area (Å²) in [4.78, 5) is 2.30. The van der Waals surface area contributed by atoms with Gasteiger partial charge in [0.1, 0.15) is 0 Å². The quantitative estimate of drug-likeness (QED) is 0.779. The van der Waals surface area contributed by atoms with E-state index in [0.29, 0.717) is 11.5 Å². The Balaban J connectivity index is 1.61. The van der Waals surface area contributed by atoms with Gasteiger partial charge >= 0.3 is 0 Å². The van der Waals surface area contributed by atoms with E-state index in [4.69, 9.17) is 0 Å². The average Bonchev–Trinajstić information content (AvgIpc) is 2.44. The molecule has 0 aromatic heterocycles. The van der Waals surface area contributed by atoms with E-state index in [1.807, 2.05) is 6.07 Å². The molecule has 1 saturated heterocycles. The molecule has 1 aliphatic heterocycles. The molecule has 0 bridgehead atoms. The second-order valence-electron chi connectivity index (χ2n) is 5.98. The van der Waals surface area contributed by atoms with Crippen molar-refractivity contribution < 1.29 is 8.42 Å². The van der Waals surface area contributed by atoms with E-state index in [2.05, 4.69) is 41.5 Å². The van der Waals surface area contributed by atoms with Crippen molar-refractivity contribution in [1.82, 2.24) is 10.2 Å². The molecule has 1 unspecified atom stereocenters. The highest BCUT2D eigenvalue weighted by Crippen LogP contribution is 2.11. The van der Waals surface area contributed by atoms with Gasteiger partial charge in [0.05, 0.1) is 11.5 Å². The molecule has 0 aliphatic carbocycles. The Morgan fingerprint density at radius 2 is 2.05 bits per heavy atom. The van der Waals surface area contributed by atoms with Gasteiger partial charge in [0, 0.05) is 12.6 Å². The second-order valence-corrected chi connectivity index (χ2v) is 8.21. The van der Waals surface area contributed by atoms with Gasteiger partial charge in [-0.1, -0.05) is 30.3 Å². The van der Waals surface area contributed by atoms with Crippen molar-refractivity contribution >= 4 is 9.84 Å². The molecule has 1 heterocycles. The monoisotopic (exact) mass is 310 g/mol. The fourth-order valence-corrected chi connectivity index (χ4v) is 4.48. The van der Waals surface area contributed by atoms with E-state index in [0.717, 1.165) is 38.9 Å². The van der Waals surface area contributed by atoms with Crippen LogP contribution in [0, 0.1) is 0 Å². The number of benzene rings is 1. The third kappa shape index (κ3) is 6.16. The molecule has 0 amide bonds. The van der Waals surface area contributed by atoms with E-state index < -0.39 is 9.84 Å². The van der Waals surface area contributed by atoms with E-state index >= 15 is 0 Å². The van der Waals surface area contributed by atoms with Gasteiger partial charge < -0.3 is 10.2 Å². The van der Waals surface area contributed by atoms with E-state index in [1.54, 1.807) is 0 Å². The lowest BCUT2D eigenvalue weighted by atomic mass is 10.2. The number of rotatable bonds is 7. The van der Waals surface area contributed by atoms with Crippen LogP contribution in [0.2, 0.25) is 0 Å². The molecular formula is C16H26N2O2S. The highest BCUT2D eigenvalue weighted by Gasteiger charge is 2.23. The summed E-state index contributed by atoms with van der Waals surface area (Å²) in [5.74, 6) is 0.678. The number of hydrogen-bond acceptors (Lipinski definition) is 4. The second kappa shape index (κ2) is 7.92. The molecule has 1 aromatic rings. The average molecular weight is 310 g/mol. The normalized spacial score (nSPS) is 21.5. The standard InChI is InChI=1S/C16H26N2O2S/c1-18(13-15-7-3-2-4-8-15)11-6-10-17-16-9-5-12-21(19,20)14-16/h2-4,7-8,16-17H,5-6,9-14H2,1H3. The van der Waals surface area contributed by atoms with Crippen LogP contribution in [-0.2, 0) is 16.4 Å². The van der Waals surface area contributed by atoms with Crippen molar-refractivity contribution in [3.63, 3.8) is 0 Å². The zero-order valence-electron chi connectivity index (χ0n) is 12.8. The maximum atomic E-state index is 11.6. The highest BCUT2D eigenvalue weighted by atomic mass is 32.2. The van der Waals surface area contributed by atoms with Crippen molar-refractivity contribution in [2.24, 2.45) is 0 Å². The molecule has 1 aromatic carbocycles. The van der Waals surface area contributed by atoms with E-state index in [-0.39, 0.29) is 6.04 Å². The first-order valence-corrected chi connectivity index (χ1v) is 9.53. The lowest BCUT2D eigenvalue weighted by molar-refractivity contribution is 0.316. The van der Waals surface area contributed by atoms with Crippen LogP contribution in [-0.4, -0.2) is 51.0 Å². The van der Waals surface area contributed by atoms with Gasteiger partial charge in [-0.3, -0.25) is 0 Å². The molecular weight excluding hydrogens is 284 g/mol. The summed E-state index contributed by atoms with van der Waals surface area (Å²) in [6.45, 7) is 2.86. The lowest BCUT2D eigenvalue weighted by Gasteiger charge is -2.23. The molecule has 5 heteroatoms. The van der Waals surface area contributed by atoms with Crippen molar-refractivity contribution in [2.75, 3.05) is 31.6 Å². The number of nitrogens with one attached hydrogen (secondary N) is 1. The summed E-state index contributed by atoms with van der Waals surface area (Å²) in [7, 11) is -0.676. The Labute approximate surface area is 128 Å². The molecule has 1 N–H and O–H groups in total. The van der Waals surface area contributed by atoms with Crippen molar-refractivity contribution in [3.05, 3.63) is 35.9 Å². The number of sulfone groups is 1. The van der Waals surface area contributed by atoms with Gasteiger partial charge in [-0.05, 0) is 45.0 Å². The predicted octanol–water partition coefficient (Wildman–Crippen LogP) is 1.68. The van der Waals surface area contributed by atoms with Gasteiger partial charge in [-0.2, -0.15) is 0 Å². The first kappa shape index (κ1) is 16.5. The maximum absolute atomic E-state index is 11.6. The molecule has 0 spiro atoms. The molecule has 118 valence electrons. The first-order chi connectivity index (χ1) is 10.1. The fraction of sp³-hybridized carbons (Fsp3) is 0.625. The highest BCUT2D eigenvalue weighted by molar-refractivity contribution is 7.91. The van der Waals surface area contributed by atoms with Gasteiger partial charge in [-0.15, -0.1) is 0 Å². The maximum Gasteiger partial charge on any atom is 0.151 e. The molecule has 21 heavy (non-hydrogen) atoms. The Kier molecular flexibility index (Phi) is 6.21. The molecule has 1 atom stereocenters. The van der Waals surface area contributed by atoms with E-state index in [1.165, 1.54) is 5.56 Å². The van der Waals surface area contributed by atoms with Crippen LogP contribution in [0.3, 0.4) is 0 Å². The summed E-state index contributed by atoms with van der Waals surface area (Å²) < 4.78 is 23.1. The van der Waals surface area contributed by atoms with Crippen LogP contribution in [0.15, 0.2) is 30.3 Å². The lowest BCUT2D eigenvalue weighted by Crippen LogP contribution is -2.41. The smallest absolute Gasteiger partial charge is 0.151 e. The predicted molar refractivity (Wildman–Crippen MR) is 87.1 cm³/mol. The number of nitrogens with zero attached hydrogens (tertiary/aromatic N) is 1. The van der Waals surface area contributed by atoms with E-state index in [9.17, 15) is 8.42 Å². The third-order valence-corrected chi connectivity index (χ3v) is 5.73. The van der Waals surface area contributed by atoms with Crippen LogP contribution in [0.25, 0.3) is 0 Å². The zero-order chi connectivity index (χ0) is 15.1. The molecule has 4 nitrogen and oxygen atoms in total. The molecule has 1 fully saturated rings. The Morgan fingerprint density at radius 3 is 2.76 bits per heavy atom. The SMILES string of the molecule is CN(CCCNC1CCCS(=O)(=O)C1)Cc1ccccc1.